The van der Waals surface area contributed by atoms with Crippen molar-refractivity contribution in [1.29, 1.82) is 0 Å². The van der Waals surface area contributed by atoms with Gasteiger partial charge in [-0.15, -0.1) is 0 Å². The van der Waals surface area contributed by atoms with E-state index in [4.69, 9.17) is 4.42 Å². The molecule has 0 fully saturated rings. The van der Waals surface area contributed by atoms with Crippen molar-refractivity contribution in [2.45, 2.75) is 11.8 Å². The van der Waals surface area contributed by atoms with Gasteiger partial charge in [-0.2, -0.15) is 0 Å². The van der Waals surface area contributed by atoms with Gasteiger partial charge in [-0.3, -0.25) is 9.52 Å². The molecule has 0 atom stereocenters. The van der Waals surface area contributed by atoms with Crippen LogP contribution in [-0.2, 0) is 10.0 Å². The number of oxazole rings is 1. The van der Waals surface area contributed by atoms with E-state index in [0.717, 1.165) is 0 Å². The first-order chi connectivity index (χ1) is 11.5. The minimum absolute atomic E-state index is 0.0811. The summed E-state index contributed by atoms with van der Waals surface area (Å²) in [5.74, 6) is 0.425. The number of nitrogens with zero attached hydrogens (tertiary/aromatic N) is 1. The van der Waals surface area contributed by atoms with Crippen LogP contribution in [0, 0.1) is 0 Å². The number of ketones is 1. The van der Waals surface area contributed by atoms with Gasteiger partial charge < -0.3 is 4.42 Å². The average Bonchev–Trinajstić information content (AvgIpc) is 3.09. The summed E-state index contributed by atoms with van der Waals surface area (Å²) in [4.78, 5) is 15.2. The number of aromatic nitrogens is 1. The van der Waals surface area contributed by atoms with Crippen LogP contribution in [0.1, 0.15) is 17.3 Å². The molecule has 24 heavy (non-hydrogen) atoms. The molecule has 0 amide bonds. The number of nitrogens with one attached hydrogen (secondary N) is 1. The average molecular weight is 342 g/mol. The molecule has 3 rings (SSSR count). The Hall–Kier alpha value is -2.93. The Kier molecular flexibility index (Phi) is 4.18. The van der Waals surface area contributed by atoms with Gasteiger partial charge in [0.25, 0.3) is 10.0 Å². The van der Waals surface area contributed by atoms with Gasteiger partial charge in [0, 0.05) is 16.8 Å². The number of anilines is 1. The number of hydrogen-bond acceptors (Lipinski definition) is 5. The summed E-state index contributed by atoms with van der Waals surface area (Å²) in [6, 6.07) is 12.6. The minimum Gasteiger partial charge on any atom is -0.444 e. The van der Waals surface area contributed by atoms with Crippen molar-refractivity contribution >= 4 is 21.5 Å². The van der Waals surface area contributed by atoms with E-state index < -0.39 is 10.0 Å². The maximum Gasteiger partial charge on any atom is 0.261 e. The van der Waals surface area contributed by atoms with Crippen molar-refractivity contribution in [3.05, 3.63) is 66.7 Å². The molecule has 1 aromatic heterocycles. The van der Waals surface area contributed by atoms with Crippen molar-refractivity contribution in [1.82, 2.24) is 4.98 Å². The number of rotatable bonds is 5. The van der Waals surface area contributed by atoms with E-state index in [1.54, 1.807) is 30.5 Å². The molecule has 0 aliphatic rings. The Morgan fingerprint density at radius 2 is 1.88 bits per heavy atom. The third-order valence-electron chi connectivity index (χ3n) is 3.40. The molecule has 0 bridgehead atoms. The van der Waals surface area contributed by atoms with Crippen LogP contribution in [0.25, 0.3) is 11.3 Å². The van der Waals surface area contributed by atoms with E-state index in [1.165, 1.54) is 37.6 Å². The van der Waals surface area contributed by atoms with Crippen LogP contribution in [-0.4, -0.2) is 19.2 Å². The summed E-state index contributed by atoms with van der Waals surface area (Å²) in [7, 11) is -3.75. The monoisotopic (exact) mass is 342 g/mol. The molecule has 122 valence electrons. The van der Waals surface area contributed by atoms with Crippen molar-refractivity contribution in [2.75, 3.05) is 4.72 Å². The lowest BCUT2D eigenvalue weighted by atomic mass is 10.2. The van der Waals surface area contributed by atoms with Crippen molar-refractivity contribution in [3.63, 3.8) is 0 Å². The Morgan fingerprint density at radius 1 is 1.12 bits per heavy atom. The maximum absolute atomic E-state index is 12.4. The molecule has 6 nitrogen and oxygen atoms in total. The second kappa shape index (κ2) is 6.29. The van der Waals surface area contributed by atoms with Gasteiger partial charge in [0.1, 0.15) is 0 Å². The SMILES string of the molecule is CC(=O)c1ccc(S(=O)(=O)Nc2cccc(-c3cnco3)c2)cc1. The number of sulfonamides is 1. The first-order valence-corrected chi connectivity index (χ1v) is 8.57. The fraction of sp³-hybridized carbons (Fsp3) is 0.0588. The Labute approximate surface area is 139 Å². The van der Waals surface area contributed by atoms with Gasteiger partial charge in [0.05, 0.1) is 11.1 Å². The number of carbonyl (C=O) groups excluding carboxylic acids is 1. The zero-order valence-electron chi connectivity index (χ0n) is 12.8. The van der Waals surface area contributed by atoms with E-state index in [0.29, 0.717) is 22.6 Å². The lowest BCUT2D eigenvalue weighted by Gasteiger charge is -2.09. The fourth-order valence-electron chi connectivity index (χ4n) is 2.18. The summed E-state index contributed by atoms with van der Waals surface area (Å²) in [5, 5.41) is 0. The van der Waals surface area contributed by atoms with E-state index in [9.17, 15) is 13.2 Å². The number of carbonyl (C=O) groups is 1. The van der Waals surface area contributed by atoms with Crippen molar-refractivity contribution < 1.29 is 17.6 Å². The minimum atomic E-state index is -3.75. The van der Waals surface area contributed by atoms with Gasteiger partial charge in [0.2, 0.25) is 0 Å². The fourth-order valence-corrected chi connectivity index (χ4v) is 3.23. The van der Waals surface area contributed by atoms with Gasteiger partial charge in [0.15, 0.2) is 17.9 Å². The summed E-state index contributed by atoms with van der Waals surface area (Å²) in [5.41, 5.74) is 1.57. The lowest BCUT2D eigenvalue weighted by molar-refractivity contribution is 0.101. The maximum atomic E-state index is 12.4. The molecule has 1 N–H and O–H groups in total. The topological polar surface area (TPSA) is 89.3 Å². The lowest BCUT2D eigenvalue weighted by Crippen LogP contribution is -2.13. The number of benzene rings is 2. The standard InChI is InChI=1S/C17H14N2O4S/c1-12(20)13-5-7-16(8-6-13)24(21,22)19-15-4-2-3-14(9-15)17-10-18-11-23-17/h2-11,19H,1H3. The first-order valence-electron chi connectivity index (χ1n) is 7.08. The highest BCUT2D eigenvalue weighted by Crippen LogP contribution is 2.24. The number of hydrogen-bond donors (Lipinski definition) is 1. The van der Waals surface area contributed by atoms with Gasteiger partial charge >= 0.3 is 0 Å². The Bertz CT molecular complexity index is 962. The van der Waals surface area contributed by atoms with E-state index >= 15 is 0 Å². The highest BCUT2D eigenvalue weighted by Gasteiger charge is 2.15. The zero-order valence-corrected chi connectivity index (χ0v) is 13.6. The third kappa shape index (κ3) is 3.36. The zero-order chi connectivity index (χ0) is 17.2. The predicted octanol–water partition coefficient (Wildman–Crippen LogP) is 3.35. The Morgan fingerprint density at radius 3 is 2.50 bits per heavy atom. The van der Waals surface area contributed by atoms with Crippen LogP contribution in [0.15, 0.2) is 70.4 Å². The molecule has 0 aliphatic carbocycles. The largest absolute Gasteiger partial charge is 0.444 e. The van der Waals surface area contributed by atoms with Crippen LogP contribution in [0.4, 0.5) is 5.69 Å². The van der Waals surface area contributed by atoms with Crippen molar-refractivity contribution in [2.24, 2.45) is 0 Å². The molecule has 0 saturated carbocycles. The van der Waals surface area contributed by atoms with E-state index in [-0.39, 0.29) is 10.7 Å². The first kappa shape index (κ1) is 15.9. The summed E-state index contributed by atoms with van der Waals surface area (Å²) < 4.78 is 32.6. The summed E-state index contributed by atoms with van der Waals surface area (Å²) in [6.45, 7) is 1.43. The normalized spacial score (nSPS) is 11.2. The molecule has 0 unspecified atom stereocenters. The molecule has 1 heterocycles. The van der Waals surface area contributed by atoms with Crippen LogP contribution in [0.2, 0.25) is 0 Å². The highest BCUT2D eigenvalue weighted by molar-refractivity contribution is 7.92. The van der Waals surface area contributed by atoms with Gasteiger partial charge in [-0.1, -0.05) is 24.3 Å². The molecule has 3 aromatic rings. The van der Waals surface area contributed by atoms with Crippen LogP contribution < -0.4 is 4.72 Å². The second-order valence-electron chi connectivity index (χ2n) is 5.13. The molecule has 7 heteroatoms. The van der Waals surface area contributed by atoms with Crippen molar-refractivity contribution in [3.8, 4) is 11.3 Å². The molecule has 0 spiro atoms. The van der Waals surface area contributed by atoms with Crippen LogP contribution >= 0.6 is 0 Å². The Balaban J connectivity index is 1.87. The highest BCUT2D eigenvalue weighted by atomic mass is 32.2. The predicted molar refractivity (Wildman–Crippen MR) is 89.2 cm³/mol. The number of Topliss-reactive ketones (excluding diaryl/α,β-unsaturated/α-hetero) is 1. The van der Waals surface area contributed by atoms with E-state index in [1.807, 2.05) is 0 Å². The van der Waals surface area contributed by atoms with Crippen LogP contribution in [0.3, 0.4) is 0 Å². The third-order valence-corrected chi connectivity index (χ3v) is 4.80. The van der Waals surface area contributed by atoms with E-state index in [2.05, 4.69) is 9.71 Å². The summed E-state index contributed by atoms with van der Waals surface area (Å²) >= 11 is 0. The molecular formula is C17H14N2O4S. The molecule has 0 aliphatic heterocycles. The molecule has 2 aromatic carbocycles. The molecular weight excluding hydrogens is 328 g/mol. The van der Waals surface area contributed by atoms with Gasteiger partial charge in [-0.25, -0.2) is 13.4 Å². The second-order valence-corrected chi connectivity index (χ2v) is 6.81. The smallest absolute Gasteiger partial charge is 0.261 e. The van der Waals surface area contributed by atoms with Gasteiger partial charge in [-0.05, 0) is 31.2 Å². The quantitative estimate of drug-likeness (QED) is 0.718. The molecule has 0 radical (unpaired) electrons. The molecule has 0 saturated heterocycles. The van der Waals surface area contributed by atoms with Crippen LogP contribution in [0.5, 0.6) is 0 Å². The summed E-state index contributed by atoms with van der Waals surface area (Å²) in [6.07, 6.45) is 2.86.